The van der Waals surface area contributed by atoms with E-state index in [1.807, 2.05) is 0 Å². The lowest BCUT2D eigenvalue weighted by molar-refractivity contribution is 0.176. The smallest absolute Gasteiger partial charge is 0.0424 e. The van der Waals surface area contributed by atoms with E-state index in [1.54, 1.807) is 0 Å². The second kappa shape index (κ2) is 6.35. The van der Waals surface area contributed by atoms with Crippen molar-refractivity contribution in [1.29, 1.82) is 0 Å². The van der Waals surface area contributed by atoms with Gasteiger partial charge in [-0.05, 0) is 37.8 Å². The minimum atomic E-state index is 0.144. The molecule has 0 amide bonds. The van der Waals surface area contributed by atoms with Crippen molar-refractivity contribution in [2.45, 2.75) is 39.2 Å². The highest BCUT2D eigenvalue weighted by molar-refractivity contribution is 5.24. The Hall–Kier alpha value is -0.860. The fourth-order valence-electron chi connectivity index (χ4n) is 2.57. The van der Waals surface area contributed by atoms with Crippen LogP contribution in [0.1, 0.15) is 43.4 Å². The van der Waals surface area contributed by atoms with Crippen LogP contribution in [0.3, 0.4) is 0 Å². The molecule has 0 saturated heterocycles. The Morgan fingerprint density at radius 2 is 1.94 bits per heavy atom. The molecule has 1 unspecified atom stereocenters. The minimum Gasteiger partial charge on any atom is -0.323 e. The van der Waals surface area contributed by atoms with Gasteiger partial charge in [0.05, 0.1) is 0 Å². The van der Waals surface area contributed by atoms with Crippen LogP contribution < -0.4 is 5.73 Å². The largest absolute Gasteiger partial charge is 0.323 e. The lowest BCUT2D eigenvalue weighted by atomic mass is 9.85. The van der Waals surface area contributed by atoms with E-state index in [4.69, 9.17) is 5.73 Å². The Bertz CT molecular complexity index is 354. The molecule has 1 aliphatic carbocycles. The lowest BCUT2D eigenvalue weighted by Crippen LogP contribution is -2.37. The van der Waals surface area contributed by atoms with E-state index >= 15 is 0 Å². The molecule has 1 aromatic carbocycles. The highest BCUT2D eigenvalue weighted by atomic mass is 15.1. The van der Waals surface area contributed by atoms with Crippen LogP contribution in [0.25, 0.3) is 0 Å². The summed E-state index contributed by atoms with van der Waals surface area (Å²) in [7, 11) is 0. The quantitative estimate of drug-likeness (QED) is 0.835. The van der Waals surface area contributed by atoms with Crippen molar-refractivity contribution in [2.24, 2.45) is 11.7 Å². The first-order valence-electron chi connectivity index (χ1n) is 7.23. The topological polar surface area (TPSA) is 29.3 Å². The fraction of sp³-hybridized carbons (Fsp3) is 0.625. The van der Waals surface area contributed by atoms with Gasteiger partial charge in [0.25, 0.3) is 0 Å². The highest BCUT2D eigenvalue weighted by Crippen LogP contribution is 2.27. The fourth-order valence-corrected chi connectivity index (χ4v) is 2.57. The van der Waals surface area contributed by atoms with Gasteiger partial charge in [-0.3, -0.25) is 0 Å². The van der Waals surface area contributed by atoms with Gasteiger partial charge in [-0.2, -0.15) is 0 Å². The molecule has 0 radical (unpaired) electrons. The van der Waals surface area contributed by atoms with Crippen molar-refractivity contribution >= 4 is 0 Å². The lowest BCUT2D eigenvalue weighted by Gasteiger charge is -2.33. The Labute approximate surface area is 111 Å². The average Bonchev–Trinajstić information content (AvgIpc) is 2.32. The van der Waals surface area contributed by atoms with E-state index in [2.05, 4.69) is 43.0 Å². The average molecular weight is 246 g/mol. The molecule has 0 aromatic heterocycles. The zero-order valence-corrected chi connectivity index (χ0v) is 11.7. The molecule has 1 aromatic rings. The second-order valence-corrected chi connectivity index (χ2v) is 5.67. The second-order valence-electron chi connectivity index (χ2n) is 5.67. The summed E-state index contributed by atoms with van der Waals surface area (Å²) in [5, 5.41) is 0. The Morgan fingerprint density at radius 1 is 1.28 bits per heavy atom. The SMILES string of the molecule is CCN(CC1CCC1)CC(N)c1ccc(C)cc1. The Kier molecular flexibility index (Phi) is 4.79. The van der Waals surface area contributed by atoms with Crippen molar-refractivity contribution in [3.63, 3.8) is 0 Å². The molecule has 0 bridgehead atoms. The van der Waals surface area contributed by atoms with E-state index in [1.165, 1.54) is 36.9 Å². The summed E-state index contributed by atoms with van der Waals surface area (Å²) in [6.07, 6.45) is 4.25. The molecule has 2 nitrogen and oxygen atoms in total. The van der Waals surface area contributed by atoms with E-state index < -0.39 is 0 Å². The van der Waals surface area contributed by atoms with Crippen molar-refractivity contribution < 1.29 is 0 Å². The standard InChI is InChI=1S/C16H26N2/c1-3-18(11-14-5-4-6-14)12-16(17)15-9-7-13(2)8-10-15/h7-10,14,16H,3-6,11-12,17H2,1-2H3. The minimum absolute atomic E-state index is 0.144. The number of hydrogen-bond donors (Lipinski definition) is 1. The van der Waals surface area contributed by atoms with Crippen LogP contribution in [0.5, 0.6) is 0 Å². The number of aryl methyl sites for hydroxylation is 1. The van der Waals surface area contributed by atoms with Gasteiger partial charge in [0.1, 0.15) is 0 Å². The van der Waals surface area contributed by atoms with Gasteiger partial charge in [-0.15, -0.1) is 0 Å². The number of nitrogens with two attached hydrogens (primary N) is 1. The first kappa shape index (κ1) is 13.6. The van der Waals surface area contributed by atoms with E-state index in [9.17, 15) is 0 Å². The molecular formula is C16H26N2. The van der Waals surface area contributed by atoms with Crippen LogP contribution >= 0.6 is 0 Å². The van der Waals surface area contributed by atoms with Crippen LogP contribution in [0.4, 0.5) is 0 Å². The van der Waals surface area contributed by atoms with Crippen LogP contribution in [-0.2, 0) is 0 Å². The van der Waals surface area contributed by atoms with Gasteiger partial charge in [-0.1, -0.05) is 43.2 Å². The maximum absolute atomic E-state index is 6.32. The molecule has 2 rings (SSSR count). The molecule has 18 heavy (non-hydrogen) atoms. The van der Waals surface area contributed by atoms with E-state index in [0.29, 0.717) is 0 Å². The first-order chi connectivity index (χ1) is 8.69. The maximum Gasteiger partial charge on any atom is 0.0424 e. The highest BCUT2D eigenvalue weighted by Gasteiger charge is 2.21. The molecule has 1 saturated carbocycles. The molecule has 2 heteroatoms. The third-order valence-corrected chi connectivity index (χ3v) is 4.15. The van der Waals surface area contributed by atoms with Crippen molar-refractivity contribution in [3.05, 3.63) is 35.4 Å². The summed E-state index contributed by atoms with van der Waals surface area (Å²) < 4.78 is 0. The van der Waals surface area contributed by atoms with E-state index in [-0.39, 0.29) is 6.04 Å². The number of nitrogens with zero attached hydrogens (tertiary/aromatic N) is 1. The van der Waals surface area contributed by atoms with Crippen molar-refractivity contribution in [1.82, 2.24) is 4.90 Å². The van der Waals surface area contributed by atoms with Gasteiger partial charge >= 0.3 is 0 Å². The number of hydrogen-bond acceptors (Lipinski definition) is 2. The number of benzene rings is 1. The Balaban J connectivity index is 1.87. The van der Waals surface area contributed by atoms with Crippen LogP contribution in [0.15, 0.2) is 24.3 Å². The van der Waals surface area contributed by atoms with Gasteiger partial charge in [0.15, 0.2) is 0 Å². The summed E-state index contributed by atoms with van der Waals surface area (Å²) in [6, 6.07) is 8.77. The molecule has 1 atom stereocenters. The monoisotopic (exact) mass is 246 g/mol. The third kappa shape index (κ3) is 3.56. The summed E-state index contributed by atoms with van der Waals surface area (Å²) >= 11 is 0. The molecule has 0 aliphatic heterocycles. The zero-order chi connectivity index (χ0) is 13.0. The predicted molar refractivity (Wildman–Crippen MR) is 77.6 cm³/mol. The van der Waals surface area contributed by atoms with Crippen molar-refractivity contribution in [3.8, 4) is 0 Å². The Morgan fingerprint density at radius 3 is 2.44 bits per heavy atom. The van der Waals surface area contributed by atoms with Gasteiger partial charge < -0.3 is 10.6 Å². The summed E-state index contributed by atoms with van der Waals surface area (Å²) in [6.45, 7) is 7.67. The van der Waals surface area contributed by atoms with Gasteiger partial charge in [0.2, 0.25) is 0 Å². The van der Waals surface area contributed by atoms with Crippen molar-refractivity contribution in [2.75, 3.05) is 19.6 Å². The molecule has 1 aliphatic rings. The molecule has 2 N–H and O–H groups in total. The van der Waals surface area contributed by atoms with Crippen LogP contribution in [0.2, 0.25) is 0 Å². The molecule has 0 spiro atoms. The normalized spacial score (nSPS) is 17.8. The first-order valence-corrected chi connectivity index (χ1v) is 7.23. The molecule has 100 valence electrons. The molecular weight excluding hydrogens is 220 g/mol. The number of likely N-dealkylation sites (N-methyl/N-ethyl adjacent to an activating group) is 1. The maximum atomic E-state index is 6.32. The number of rotatable bonds is 6. The van der Waals surface area contributed by atoms with E-state index in [0.717, 1.165) is 19.0 Å². The van der Waals surface area contributed by atoms with Crippen LogP contribution in [0, 0.1) is 12.8 Å². The van der Waals surface area contributed by atoms with Gasteiger partial charge in [0, 0.05) is 19.1 Å². The summed E-state index contributed by atoms with van der Waals surface area (Å²) in [5.74, 6) is 0.926. The molecule has 1 fully saturated rings. The van der Waals surface area contributed by atoms with Crippen LogP contribution in [-0.4, -0.2) is 24.5 Å². The zero-order valence-electron chi connectivity index (χ0n) is 11.7. The summed E-state index contributed by atoms with van der Waals surface area (Å²) in [4.78, 5) is 2.51. The summed E-state index contributed by atoms with van der Waals surface area (Å²) in [5.41, 5.74) is 8.87. The predicted octanol–water partition coefficient (Wildman–Crippen LogP) is 3.12. The molecule has 0 heterocycles. The van der Waals surface area contributed by atoms with Gasteiger partial charge in [-0.25, -0.2) is 0 Å². The third-order valence-electron chi connectivity index (χ3n) is 4.15.